The molecule has 1 aromatic rings. The predicted molar refractivity (Wildman–Crippen MR) is 65.8 cm³/mol. The predicted octanol–water partition coefficient (Wildman–Crippen LogP) is 0.742. The molecular weight excluding hydrogens is 220 g/mol. The van der Waals surface area contributed by atoms with Gasteiger partial charge < -0.3 is 15.8 Å². The average molecular weight is 240 g/mol. The molecule has 1 aromatic heterocycles. The third-order valence-electron chi connectivity index (χ3n) is 2.59. The molecule has 0 saturated heterocycles. The Morgan fingerprint density at radius 1 is 1.71 bits per heavy atom. The van der Waals surface area contributed by atoms with Crippen LogP contribution in [-0.4, -0.2) is 29.3 Å². The van der Waals surface area contributed by atoms with Crippen LogP contribution >= 0.6 is 0 Å². The van der Waals surface area contributed by atoms with E-state index in [-0.39, 0.29) is 11.8 Å². The number of aromatic nitrogens is 2. The summed E-state index contributed by atoms with van der Waals surface area (Å²) < 4.78 is 6.63. The number of carbonyl (C=O) groups excluding carboxylic acids is 1. The summed E-state index contributed by atoms with van der Waals surface area (Å²) in [6.45, 7) is 2.49. The number of carbonyl (C=O) groups is 1. The number of hydrogen-bond acceptors (Lipinski definition) is 4. The van der Waals surface area contributed by atoms with Gasteiger partial charge in [0.05, 0.1) is 7.11 Å². The van der Waals surface area contributed by atoms with Crippen molar-refractivity contribution >= 4 is 11.7 Å². The standard InChI is InChI=1S/C11H20N4O2/c1-8(5-4-6-12)11(16)13-9-7-10(17-3)15(2)14-9/h7-8H,4-6,12H2,1-3H3,(H,13,14,16). The highest BCUT2D eigenvalue weighted by Gasteiger charge is 2.14. The number of nitrogens with one attached hydrogen (secondary N) is 1. The molecule has 0 aliphatic carbocycles. The fourth-order valence-corrected chi connectivity index (χ4v) is 1.51. The highest BCUT2D eigenvalue weighted by molar-refractivity contribution is 5.91. The second-order valence-electron chi connectivity index (χ2n) is 4.02. The van der Waals surface area contributed by atoms with Gasteiger partial charge in [0.2, 0.25) is 11.8 Å². The molecule has 96 valence electrons. The van der Waals surface area contributed by atoms with E-state index in [1.807, 2.05) is 6.92 Å². The summed E-state index contributed by atoms with van der Waals surface area (Å²) in [4.78, 5) is 11.8. The monoisotopic (exact) mass is 240 g/mol. The van der Waals surface area contributed by atoms with E-state index in [1.54, 1.807) is 24.9 Å². The summed E-state index contributed by atoms with van der Waals surface area (Å²) in [5.74, 6) is 1.01. The van der Waals surface area contributed by atoms with E-state index in [1.165, 1.54) is 0 Å². The highest BCUT2D eigenvalue weighted by atomic mass is 16.5. The van der Waals surface area contributed by atoms with Crippen molar-refractivity contribution in [2.24, 2.45) is 18.7 Å². The highest BCUT2D eigenvalue weighted by Crippen LogP contribution is 2.16. The van der Waals surface area contributed by atoms with Gasteiger partial charge in [0.25, 0.3) is 0 Å². The molecule has 0 bridgehead atoms. The molecule has 0 aliphatic heterocycles. The lowest BCUT2D eigenvalue weighted by atomic mass is 10.1. The first-order chi connectivity index (χ1) is 8.08. The Labute approximate surface area is 101 Å². The smallest absolute Gasteiger partial charge is 0.228 e. The summed E-state index contributed by atoms with van der Waals surface area (Å²) in [6, 6.07) is 1.69. The number of methoxy groups -OCH3 is 1. The Hall–Kier alpha value is -1.56. The normalized spacial score (nSPS) is 12.2. The number of hydrogen-bond donors (Lipinski definition) is 2. The Morgan fingerprint density at radius 3 is 2.94 bits per heavy atom. The van der Waals surface area contributed by atoms with Gasteiger partial charge >= 0.3 is 0 Å². The van der Waals surface area contributed by atoms with Crippen LogP contribution in [0, 0.1) is 5.92 Å². The van der Waals surface area contributed by atoms with Gasteiger partial charge in [0.15, 0.2) is 5.82 Å². The number of amides is 1. The van der Waals surface area contributed by atoms with Gasteiger partial charge in [-0.05, 0) is 19.4 Å². The minimum absolute atomic E-state index is 0.0424. The number of rotatable bonds is 6. The van der Waals surface area contributed by atoms with Gasteiger partial charge in [-0.2, -0.15) is 5.10 Å². The number of anilines is 1. The number of ether oxygens (including phenoxy) is 1. The SMILES string of the molecule is COc1cc(NC(=O)C(C)CCCN)nn1C. The van der Waals surface area contributed by atoms with Crippen LogP contribution in [0.4, 0.5) is 5.82 Å². The Balaban J connectivity index is 2.55. The zero-order valence-corrected chi connectivity index (χ0v) is 10.6. The van der Waals surface area contributed by atoms with E-state index >= 15 is 0 Å². The first-order valence-corrected chi connectivity index (χ1v) is 5.67. The van der Waals surface area contributed by atoms with Crippen LogP contribution < -0.4 is 15.8 Å². The van der Waals surface area contributed by atoms with E-state index < -0.39 is 0 Å². The first-order valence-electron chi connectivity index (χ1n) is 5.67. The van der Waals surface area contributed by atoms with Crippen LogP contribution in [0.1, 0.15) is 19.8 Å². The van der Waals surface area contributed by atoms with Crippen LogP contribution in [0.25, 0.3) is 0 Å². The molecule has 1 atom stereocenters. The second-order valence-corrected chi connectivity index (χ2v) is 4.02. The van der Waals surface area contributed by atoms with Gasteiger partial charge in [-0.15, -0.1) is 0 Å². The molecule has 1 amide bonds. The number of nitrogens with two attached hydrogens (primary N) is 1. The first kappa shape index (κ1) is 13.5. The fraction of sp³-hybridized carbons (Fsp3) is 0.636. The number of aryl methyl sites for hydroxylation is 1. The minimum atomic E-state index is -0.0634. The largest absolute Gasteiger partial charge is 0.481 e. The lowest BCUT2D eigenvalue weighted by Gasteiger charge is -2.09. The van der Waals surface area contributed by atoms with Crippen LogP contribution in [-0.2, 0) is 11.8 Å². The van der Waals surface area contributed by atoms with Crippen LogP contribution in [0.15, 0.2) is 6.07 Å². The Bertz CT molecular complexity index is 376. The fourth-order valence-electron chi connectivity index (χ4n) is 1.51. The lowest BCUT2D eigenvalue weighted by molar-refractivity contribution is -0.119. The summed E-state index contributed by atoms with van der Waals surface area (Å²) in [5.41, 5.74) is 5.41. The summed E-state index contributed by atoms with van der Waals surface area (Å²) in [7, 11) is 3.32. The van der Waals surface area contributed by atoms with Gasteiger partial charge in [0, 0.05) is 19.0 Å². The Kier molecular flexibility index (Phi) is 4.96. The summed E-state index contributed by atoms with van der Waals surface area (Å²) >= 11 is 0. The lowest BCUT2D eigenvalue weighted by Crippen LogP contribution is -2.21. The van der Waals surface area contributed by atoms with Crippen molar-refractivity contribution in [1.82, 2.24) is 9.78 Å². The van der Waals surface area contributed by atoms with Crippen molar-refractivity contribution in [2.45, 2.75) is 19.8 Å². The van der Waals surface area contributed by atoms with E-state index in [0.717, 1.165) is 12.8 Å². The molecule has 0 aromatic carbocycles. The molecular formula is C11H20N4O2. The average Bonchev–Trinajstić information content (AvgIpc) is 2.66. The van der Waals surface area contributed by atoms with Crippen LogP contribution in [0.3, 0.4) is 0 Å². The third kappa shape index (κ3) is 3.74. The van der Waals surface area contributed by atoms with Gasteiger partial charge in [-0.25, -0.2) is 4.68 Å². The summed E-state index contributed by atoms with van der Waals surface area (Å²) in [6.07, 6.45) is 1.63. The van der Waals surface area contributed by atoms with E-state index in [4.69, 9.17) is 10.5 Å². The molecule has 1 rings (SSSR count). The molecule has 17 heavy (non-hydrogen) atoms. The maximum atomic E-state index is 11.8. The maximum absolute atomic E-state index is 11.8. The van der Waals surface area contributed by atoms with Crippen LogP contribution in [0.2, 0.25) is 0 Å². The van der Waals surface area contributed by atoms with Crippen molar-refractivity contribution < 1.29 is 9.53 Å². The molecule has 1 unspecified atom stereocenters. The number of nitrogens with zero attached hydrogens (tertiary/aromatic N) is 2. The maximum Gasteiger partial charge on any atom is 0.228 e. The molecule has 1 heterocycles. The topological polar surface area (TPSA) is 82.2 Å². The molecule has 0 radical (unpaired) electrons. The zero-order valence-electron chi connectivity index (χ0n) is 10.6. The molecule has 3 N–H and O–H groups in total. The van der Waals surface area contributed by atoms with E-state index in [0.29, 0.717) is 18.2 Å². The molecule has 0 fully saturated rings. The minimum Gasteiger partial charge on any atom is -0.481 e. The Morgan fingerprint density at radius 2 is 2.41 bits per heavy atom. The molecule has 0 aliphatic rings. The van der Waals surface area contributed by atoms with Gasteiger partial charge in [-0.3, -0.25) is 4.79 Å². The van der Waals surface area contributed by atoms with E-state index in [2.05, 4.69) is 10.4 Å². The zero-order chi connectivity index (χ0) is 12.8. The van der Waals surface area contributed by atoms with Crippen molar-refractivity contribution in [3.63, 3.8) is 0 Å². The van der Waals surface area contributed by atoms with Gasteiger partial charge in [0.1, 0.15) is 0 Å². The third-order valence-corrected chi connectivity index (χ3v) is 2.59. The van der Waals surface area contributed by atoms with Crippen molar-refractivity contribution in [1.29, 1.82) is 0 Å². The van der Waals surface area contributed by atoms with Crippen molar-refractivity contribution in [3.8, 4) is 5.88 Å². The molecule has 6 heteroatoms. The van der Waals surface area contributed by atoms with Crippen molar-refractivity contribution in [3.05, 3.63) is 6.07 Å². The molecule has 0 saturated carbocycles. The molecule has 0 spiro atoms. The van der Waals surface area contributed by atoms with E-state index in [9.17, 15) is 4.79 Å². The quantitative estimate of drug-likeness (QED) is 0.768. The summed E-state index contributed by atoms with van der Waals surface area (Å²) in [5, 5.41) is 6.87. The van der Waals surface area contributed by atoms with Gasteiger partial charge in [-0.1, -0.05) is 6.92 Å². The van der Waals surface area contributed by atoms with Crippen LogP contribution in [0.5, 0.6) is 5.88 Å². The van der Waals surface area contributed by atoms with Crippen molar-refractivity contribution in [2.75, 3.05) is 19.0 Å². The second kappa shape index (κ2) is 6.24. The molecule has 6 nitrogen and oxygen atoms in total.